The molecule has 94 valence electrons. The molecule has 0 bridgehead atoms. The summed E-state index contributed by atoms with van der Waals surface area (Å²) in [6, 6.07) is -1.27. The number of aliphatic hydroxyl groups is 3. The molecule has 0 radical (unpaired) electrons. The van der Waals surface area contributed by atoms with Crippen LogP contribution >= 0.6 is 8.25 Å². The molecule has 0 heterocycles. The van der Waals surface area contributed by atoms with Crippen LogP contribution in [0.3, 0.4) is 0 Å². The summed E-state index contributed by atoms with van der Waals surface area (Å²) in [4.78, 5) is 10.8. The van der Waals surface area contributed by atoms with Gasteiger partial charge < -0.3 is 25.6 Å². The first-order valence-corrected chi connectivity index (χ1v) is 5.27. The summed E-state index contributed by atoms with van der Waals surface area (Å²) in [5.74, 6) is -1.06. The van der Waals surface area contributed by atoms with Crippen molar-refractivity contribution < 1.29 is 33.7 Å². The summed E-state index contributed by atoms with van der Waals surface area (Å²) in [6.45, 7) is -1.61. The summed E-state index contributed by atoms with van der Waals surface area (Å²) >= 11 is 0. The molecule has 10 heteroatoms. The fourth-order valence-electron chi connectivity index (χ4n) is 0.479. The SMILES string of the molecule is N[C@@H](CO)C(=O)O[PH](=O)OCC(O)CO.[CaH2]. The van der Waals surface area contributed by atoms with Gasteiger partial charge >= 0.3 is 52.0 Å². The number of hydrogen-bond donors (Lipinski definition) is 4. The van der Waals surface area contributed by atoms with Gasteiger partial charge in [-0.15, -0.1) is 0 Å². The van der Waals surface area contributed by atoms with Gasteiger partial charge in [0.15, 0.2) is 0 Å². The van der Waals surface area contributed by atoms with Crippen LogP contribution in [0.2, 0.25) is 0 Å². The Kier molecular flexibility index (Phi) is 13.0. The average Bonchev–Trinajstić information content (AvgIpc) is 2.24. The molecule has 2 unspecified atom stereocenters. The van der Waals surface area contributed by atoms with Crippen molar-refractivity contribution in [2.24, 2.45) is 5.73 Å². The second-order valence-electron chi connectivity index (χ2n) is 2.61. The molecule has 0 aliphatic rings. The van der Waals surface area contributed by atoms with E-state index in [4.69, 9.17) is 21.1 Å². The number of nitrogens with two attached hydrogens (primary N) is 1. The second kappa shape index (κ2) is 10.9. The molecule has 5 N–H and O–H groups in total. The summed E-state index contributed by atoms with van der Waals surface area (Å²) in [5, 5.41) is 25.6. The molecule has 0 aromatic rings. The van der Waals surface area contributed by atoms with Crippen molar-refractivity contribution >= 4 is 52.0 Å². The molecule has 0 saturated carbocycles. The predicted octanol–water partition coefficient (Wildman–Crippen LogP) is -3.31. The van der Waals surface area contributed by atoms with Crippen molar-refractivity contribution in [3.05, 3.63) is 0 Å². The standard InChI is InChI=1S/C6H14NO7P.Ca.2H/c7-5(2-9)6(11)14-15(12)13-3-4(10)1-8;;;/h4-5,8-10,15H,1-3,7H2;;;/t4?,5-;;;/m0.../s1. The molecular weight excluding hydrogens is 269 g/mol. The molecule has 0 saturated heterocycles. The zero-order valence-electron chi connectivity index (χ0n) is 7.83. The molecule has 0 aromatic carbocycles. The van der Waals surface area contributed by atoms with Crippen LogP contribution in [0.25, 0.3) is 0 Å². The number of aliphatic hydroxyl groups excluding tert-OH is 3. The van der Waals surface area contributed by atoms with Crippen LogP contribution in [0.15, 0.2) is 0 Å². The Morgan fingerprint density at radius 3 is 2.38 bits per heavy atom. The Morgan fingerprint density at radius 2 is 1.94 bits per heavy atom. The number of carbonyl (C=O) groups excluding carboxylic acids is 1. The van der Waals surface area contributed by atoms with Gasteiger partial charge in [-0.05, 0) is 0 Å². The van der Waals surface area contributed by atoms with Crippen LogP contribution in [0, 0.1) is 0 Å². The van der Waals surface area contributed by atoms with Gasteiger partial charge in [-0.2, -0.15) is 0 Å². The maximum atomic E-state index is 10.9. The van der Waals surface area contributed by atoms with Crippen LogP contribution in [-0.4, -0.2) is 91.0 Å². The fourth-order valence-corrected chi connectivity index (χ4v) is 1.18. The third-order valence-corrected chi connectivity index (χ3v) is 2.06. The Hall–Kier alpha value is 0.760. The van der Waals surface area contributed by atoms with E-state index in [1.54, 1.807) is 0 Å². The Morgan fingerprint density at radius 1 is 1.38 bits per heavy atom. The summed E-state index contributed by atoms with van der Waals surface area (Å²) in [6.07, 6.45) is -1.19. The van der Waals surface area contributed by atoms with Crippen molar-refractivity contribution in [1.29, 1.82) is 0 Å². The zero-order chi connectivity index (χ0) is 11.8. The van der Waals surface area contributed by atoms with E-state index in [1.807, 2.05) is 0 Å². The van der Waals surface area contributed by atoms with Gasteiger partial charge in [0.25, 0.3) is 0 Å². The molecule has 3 atom stereocenters. The fraction of sp³-hybridized carbons (Fsp3) is 0.833. The third-order valence-electron chi connectivity index (χ3n) is 1.29. The zero-order valence-corrected chi connectivity index (χ0v) is 8.83. The molecule has 16 heavy (non-hydrogen) atoms. The third kappa shape index (κ3) is 8.86. The van der Waals surface area contributed by atoms with Gasteiger partial charge in [0, 0.05) is 0 Å². The quantitative estimate of drug-likeness (QED) is 0.282. The van der Waals surface area contributed by atoms with E-state index in [9.17, 15) is 9.36 Å². The van der Waals surface area contributed by atoms with E-state index in [1.165, 1.54) is 0 Å². The molecule has 0 aliphatic carbocycles. The van der Waals surface area contributed by atoms with E-state index < -0.39 is 46.2 Å². The summed E-state index contributed by atoms with van der Waals surface area (Å²) < 4.78 is 19.5. The molecule has 0 aromatic heterocycles. The molecule has 0 spiro atoms. The Balaban J connectivity index is 0. The van der Waals surface area contributed by atoms with Gasteiger partial charge in [0.1, 0.15) is 12.1 Å². The first-order valence-electron chi connectivity index (χ1n) is 4.05. The normalized spacial score (nSPS) is 15.8. The van der Waals surface area contributed by atoms with E-state index in [0.717, 1.165) is 0 Å². The van der Waals surface area contributed by atoms with Crippen LogP contribution in [0.5, 0.6) is 0 Å². The molecule has 0 fully saturated rings. The van der Waals surface area contributed by atoms with Crippen LogP contribution in [0.4, 0.5) is 0 Å². The van der Waals surface area contributed by atoms with Gasteiger partial charge in [-0.25, -0.2) is 9.36 Å². The van der Waals surface area contributed by atoms with Gasteiger partial charge in [0.05, 0.1) is 19.8 Å². The molecule has 0 rings (SSSR count). The van der Waals surface area contributed by atoms with Crippen molar-refractivity contribution in [2.45, 2.75) is 12.1 Å². The van der Waals surface area contributed by atoms with Crippen molar-refractivity contribution in [3.63, 3.8) is 0 Å². The van der Waals surface area contributed by atoms with E-state index in [-0.39, 0.29) is 37.7 Å². The molecule has 0 amide bonds. The Labute approximate surface area is 123 Å². The van der Waals surface area contributed by atoms with Gasteiger partial charge in [0.2, 0.25) is 0 Å². The second-order valence-corrected chi connectivity index (χ2v) is 3.60. The summed E-state index contributed by atoms with van der Waals surface area (Å²) in [5.41, 5.74) is 5.05. The predicted molar refractivity (Wildman–Crippen MR) is 57.7 cm³/mol. The van der Waals surface area contributed by atoms with E-state index >= 15 is 0 Å². The number of carbonyl (C=O) groups is 1. The first-order chi connectivity index (χ1) is 7.01. The topological polar surface area (TPSA) is 139 Å². The number of rotatable bonds is 7. The van der Waals surface area contributed by atoms with Crippen molar-refractivity contribution in [3.8, 4) is 0 Å². The first kappa shape index (κ1) is 19.1. The minimum absolute atomic E-state index is 0. The average molecular weight is 285 g/mol. The van der Waals surface area contributed by atoms with E-state index in [0.29, 0.717) is 0 Å². The van der Waals surface area contributed by atoms with Crippen molar-refractivity contribution in [1.82, 2.24) is 0 Å². The monoisotopic (exact) mass is 285 g/mol. The maximum absolute atomic E-state index is 10.9. The minimum atomic E-state index is -3.11. The molecular formula is C6H16CaNO7P. The van der Waals surface area contributed by atoms with E-state index in [2.05, 4.69) is 9.05 Å². The Bertz CT molecular complexity index is 229. The van der Waals surface area contributed by atoms with Crippen molar-refractivity contribution in [2.75, 3.05) is 19.8 Å². The van der Waals surface area contributed by atoms with Gasteiger partial charge in [-0.3, -0.25) is 4.52 Å². The van der Waals surface area contributed by atoms with Crippen LogP contribution in [0.1, 0.15) is 0 Å². The van der Waals surface area contributed by atoms with Crippen LogP contribution in [-0.2, 0) is 18.4 Å². The molecule has 0 aliphatic heterocycles. The van der Waals surface area contributed by atoms with Gasteiger partial charge in [-0.1, -0.05) is 0 Å². The molecule has 8 nitrogen and oxygen atoms in total. The number of hydrogen-bond acceptors (Lipinski definition) is 8. The summed E-state index contributed by atoms with van der Waals surface area (Å²) in [7, 11) is -3.11. The van der Waals surface area contributed by atoms with Crippen LogP contribution < -0.4 is 5.73 Å².